The van der Waals surface area contributed by atoms with Gasteiger partial charge < -0.3 is 14.8 Å². The minimum absolute atomic E-state index is 0.125. The molecule has 0 saturated carbocycles. The zero-order chi connectivity index (χ0) is 17.5. The van der Waals surface area contributed by atoms with Crippen molar-refractivity contribution >= 4 is 12.0 Å². The maximum atomic E-state index is 12.0. The lowest BCUT2D eigenvalue weighted by molar-refractivity contribution is -0.116. The number of methoxy groups -OCH3 is 2. The zero-order valence-electron chi connectivity index (χ0n) is 14.6. The molecule has 2 aromatic carbocycles. The highest BCUT2D eigenvalue weighted by Crippen LogP contribution is 2.22. The van der Waals surface area contributed by atoms with Crippen molar-refractivity contribution in [1.29, 1.82) is 0 Å². The van der Waals surface area contributed by atoms with Gasteiger partial charge in [0.1, 0.15) is 11.5 Å². The second-order valence-electron chi connectivity index (χ2n) is 5.57. The van der Waals surface area contributed by atoms with Crippen molar-refractivity contribution in [2.75, 3.05) is 14.2 Å². The smallest absolute Gasteiger partial charge is 0.244 e. The molecular formula is C20H23NO3. The van der Waals surface area contributed by atoms with Crippen molar-refractivity contribution in [3.8, 4) is 11.5 Å². The minimum atomic E-state index is -0.125. The molecule has 1 amide bonds. The van der Waals surface area contributed by atoms with E-state index in [4.69, 9.17) is 9.47 Å². The number of carbonyl (C=O) groups excluding carboxylic acids is 1. The molecule has 0 aliphatic rings. The van der Waals surface area contributed by atoms with Gasteiger partial charge in [-0.15, -0.1) is 0 Å². The second-order valence-corrected chi connectivity index (χ2v) is 5.57. The van der Waals surface area contributed by atoms with Crippen LogP contribution >= 0.6 is 0 Å². The van der Waals surface area contributed by atoms with Crippen LogP contribution in [0.3, 0.4) is 0 Å². The summed E-state index contributed by atoms with van der Waals surface area (Å²) in [6.45, 7) is 4.49. The van der Waals surface area contributed by atoms with Crippen molar-refractivity contribution in [3.63, 3.8) is 0 Å². The molecule has 0 unspecified atom stereocenters. The zero-order valence-corrected chi connectivity index (χ0v) is 14.6. The van der Waals surface area contributed by atoms with Crippen LogP contribution in [-0.4, -0.2) is 20.1 Å². The Hall–Kier alpha value is -2.75. The predicted molar refractivity (Wildman–Crippen MR) is 96.3 cm³/mol. The van der Waals surface area contributed by atoms with Gasteiger partial charge >= 0.3 is 0 Å². The second kappa shape index (κ2) is 8.20. The number of ether oxygens (including phenoxy) is 2. The Morgan fingerprint density at radius 1 is 1.00 bits per heavy atom. The van der Waals surface area contributed by atoms with Crippen LogP contribution in [-0.2, 0) is 11.3 Å². The Bertz CT molecular complexity index is 710. The molecule has 0 spiro atoms. The fourth-order valence-electron chi connectivity index (χ4n) is 2.47. The fraction of sp³-hybridized carbons (Fsp3) is 0.250. The highest BCUT2D eigenvalue weighted by Gasteiger charge is 2.04. The lowest BCUT2D eigenvalue weighted by Crippen LogP contribution is -2.20. The normalized spacial score (nSPS) is 10.7. The van der Waals surface area contributed by atoms with E-state index >= 15 is 0 Å². The molecule has 0 bridgehead atoms. The van der Waals surface area contributed by atoms with Gasteiger partial charge in [-0.05, 0) is 66.4 Å². The van der Waals surface area contributed by atoms with Gasteiger partial charge in [-0.1, -0.05) is 12.1 Å². The van der Waals surface area contributed by atoms with Crippen molar-refractivity contribution in [3.05, 3.63) is 64.7 Å². The lowest BCUT2D eigenvalue weighted by atomic mass is 10.0. The van der Waals surface area contributed by atoms with E-state index in [1.54, 1.807) is 20.3 Å². The van der Waals surface area contributed by atoms with Gasteiger partial charge in [-0.2, -0.15) is 0 Å². The summed E-state index contributed by atoms with van der Waals surface area (Å²) >= 11 is 0. The van der Waals surface area contributed by atoms with Gasteiger partial charge in [-0.3, -0.25) is 4.79 Å². The van der Waals surface area contributed by atoms with E-state index in [1.165, 1.54) is 0 Å². The van der Waals surface area contributed by atoms with Crippen LogP contribution in [0, 0.1) is 13.8 Å². The molecular weight excluding hydrogens is 302 g/mol. The van der Waals surface area contributed by atoms with Crippen LogP contribution in [0.15, 0.2) is 42.5 Å². The third-order valence-corrected chi connectivity index (χ3v) is 3.83. The van der Waals surface area contributed by atoms with Crippen LogP contribution in [0.4, 0.5) is 0 Å². The number of hydrogen-bond acceptors (Lipinski definition) is 3. The number of carbonyl (C=O) groups is 1. The lowest BCUT2D eigenvalue weighted by Gasteiger charge is -2.09. The van der Waals surface area contributed by atoms with E-state index in [2.05, 4.69) is 5.32 Å². The van der Waals surface area contributed by atoms with Gasteiger partial charge in [0.2, 0.25) is 5.91 Å². The number of amides is 1. The Morgan fingerprint density at radius 3 is 2.12 bits per heavy atom. The molecule has 0 aromatic heterocycles. The first kappa shape index (κ1) is 17.6. The fourth-order valence-corrected chi connectivity index (χ4v) is 2.47. The third kappa shape index (κ3) is 4.62. The Kier molecular flexibility index (Phi) is 6.01. The number of nitrogens with one attached hydrogen (secondary N) is 1. The quantitative estimate of drug-likeness (QED) is 0.825. The van der Waals surface area contributed by atoms with Crippen molar-refractivity contribution < 1.29 is 14.3 Å². The molecule has 1 N–H and O–H groups in total. The van der Waals surface area contributed by atoms with Gasteiger partial charge in [0.15, 0.2) is 0 Å². The largest absolute Gasteiger partial charge is 0.497 e. The van der Waals surface area contributed by atoms with Crippen LogP contribution < -0.4 is 14.8 Å². The molecule has 0 atom stereocenters. The summed E-state index contributed by atoms with van der Waals surface area (Å²) in [5.41, 5.74) is 4.21. The highest BCUT2D eigenvalue weighted by molar-refractivity contribution is 5.92. The first-order valence-corrected chi connectivity index (χ1v) is 7.77. The van der Waals surface area contributed by atoms with Crippen LogP contribution in [0.25, 0.3) is 6.08 Å². The maximum absolute atomic E-state index is 12.0. The van der Waals surface area contributed by atoms with E-state index in [9.17, 15) is 4.79 Å². The van der Waals surface area contributed by atoms with Crippen molar-refractivity contribution in [2.45, 2.75) is 20.4 Å². The van der Waals surface area contributed by atoms with E-state index in [1.807, 2.05) is 56.3 Å². The van der Waals surface area contributed by atoms with Gasteiger partial charge in [0, 0.05) is 12.6 Å². The maximum Gasteiger partial charge on any atom is 0.244 e. The number of rotatable bonds is 6. The van der Waals surface area contributed by atoms with E-state index < -0.39 is 0 Å². The van der Waals surface area contributed by atoms with Crippen LogP contribution in [0.1, 0.15) is 22.3 Å². The number of benzene rings is 2. The topological polar surface area (TPSA) is 47.6 Å². The minimum Gasteiger partial charge on any atom is -0.497 e. The molecule has 126 valence electrons. The molecule has 0 aliphatic carbocycles. The molecule has 0 fully saturated rings. The van der Waals surface area contributed by atoms with Crippen molar-refractivity contribution in [2.24, 2.45) is 0 Å². The van der Waals surface area contributed by atoms with Crippen LogP contribution in [0.5, 0.6) is 11.5 Å². The van der Waals surface area contributed by atoms with E-state index in [-0.39, 0.29) is 5.91 Å². The predicted octanol–water partition coefficient (Wildman–Crippen LogP) is 3.65. The Balaban J connectivity index is 1.97. The average molecular weight is 325 g/mol. The first-order chi connectivity index (χ1) is 11.5. The molecule has 2 rings (SSSR count). The molecule has 2 aromatic rings. The van der Waals surface area contributed by atoms with E-state index in [0.717, 1.165) is 33.8 Å². The van der Waals surface area contributed by atoms with E-state index in [0.29, 0.717) is 6.54 Å². The van der Waals surface area contributed by atoms with Gasteiger partial charge in [0.25, 0.3) is 0 Å². The summed E-state index contributed by atoms with van der Waals surface area (Å²) in [5, 5.41) is 2.88. The van der Waals surface area contributed by atoms with Crippen molar-refractivity contribution in [1.82, 2.24) is 5.32 Å². The average Bonchev–Trinajstić information content (AvgIpc) is 2.59. The summed E-state index contributed by atoms with van der Waals surface area (Å²) in [7, 11) is 3.28. The molecule has 4 nitrogen and oxygen atoms in total. The first-order valence-electron chi connectivity index (χ1n) is 7.77. The summed E-state index contributed by atoms with van der Waals surface area (Å²) < 4.78 is 10.4. The third-order valence-electron chi connectivity index (χ3n) is 3.83. The summed E-state index contributed by atoms with van der Waals surface area (Å²) in [6, 6.07) is 11.5. The molecule has 0 saturated heterocycles. The molecule has 24 heavy (non-hydrogen) atoms. The highest BCUT2D eigenvalue weighted by atomic mass is 16.5. The SMILES string of the molecule is COc1ccc(CNC(=O)/C=C/c2c(C)cc(OC)cc2C)cc1. The molecule has 0 aliphatic heterocycles. The monoisotopic (exact) mass is 325 g/mol. The summed E-state index contributed by atoms with van der Waals surface area (Å²) in [6.07, 6.45) is 3.40. The standard InChI is InChI=1S/C20H23NO3/c1-14-11-18(24-4)12-15(2)19(14)9-10-20(22)21-13-16-5-7-17(23-3)8-6-16/h5-12H,13H2,1-4H3,(H,21,22)/b10-9+. The Morgan fingerprint density at radius 2 is 1.58 bits per heavy atom. The molecule has 4 heteroatoms. The van der Waals surface area contributed by atoms with Gasteiger partial charge in [-0.25, -0.2) is 0 Å². The van der Waals surface area contributed by atoms with Gasteiger partial charge in [0.05, 0.1) is 14.2 Å². The molecule has 0 heterocycles. The van der Waals surface area contributed by atoms with Crippen LogP contribution in [0.2, 0.25) is 0 Å². The summed E-state index contributed by atoms with van der Waals surface area (Å²) in [5.74, 6) is 1.50. The molecule has 0 radical (unpaired) electrons. The Labute approximate surface area is 143 Å². The number of hydrogen-bond donors (Lipinski definition) is 1. The summed E-state index contributed by atoms with van der Waals surface area (Å²) in [4.78, 5) is 12.0. The number of aryl methyl sites for hydroxylation is 2.